The van der Waals surface area contributed by atoms with Gasteiger partial charge in [-0.05, 0) is 6.07 Å². The highest BCUT2D eigenvalue weighted by Gasteiger charge is 2.14. The maximum atomic E-state index is 11.7. The van der Waals surface area contributed by atoms with Crippen molar-refractivity contribution >= 4 is 28.5 Å². The van der Waals surface area contributed by atoms with Crippen LogP contribution in [0.15, 0.2) is 36.2 Å². The molecule has 0 saturated carbocycles. The number of esters is 2. The summed E-state index contributed by atoms with van der Waals surface area (Å²) >= 11 is 0. The van der Waals surface area contributed by atoms with Crippen molar-refractivity contribution in [2.45, 2.75) is 0 Å². The summed E-state index contributed by atoms with van der Waals surface area (Å²) in [6.45, 7) is 0. The minimum absolute atomic E-state index is 0.0264. The first-order valence-electron chi connectivity index (χ1n) is 5.72. The number of benzene rings is 1. The number of rotatable bonds is 4. The molecule has 2 N–H and O–H groups in total. The quantitative estimate of drug-likeness (QED) is 0.643. The van der Waals surface area contributed by atoms with Gasteiger partial charge >= 0.3 is 11.9 Å². The number of aromatic amines is 1. The zero-order valence-electron chi connectivity index (χ0n) is 11.0. The largest absolute Gasteiger partial charge is 0.466 e. The number of hydrogen-bond donors (Lipinski definition) is 2. The number of nitrogens with one attached hydrogen (secondary N) is 2. The van der Waals surface area contributed by atoms with Crippen LogP contribution >= 0.6 is 0 Å². The molecule has 0 aliphatic heterocycles. The predicted octanol–water partition coefficient (Wildman–Crippen LogP) is 1.20. The second kappa shape index (κ2) is 5.87. The van der Waals surface area contributed by atoms with Gasteiger partial charge in [-0.2, -0.15) is 5.10 Å². The fraction of sp³-hybridized carbons (Fsp3) is 0.154. The van der Waals surface area contributed by atoms with Gasteiger partial charge in [-0.3, -0.25) is 5.10 Å². The minimum atomic E-state index is -0.674. The summed E-state index contributed by atoms with van der Waals surface area (Å²) in [5.74, 6) is -1.33. The van der Waals surface area contributed by atoms with Crippen molar-refractivity contribution in [2.75, 3.05) is 19.5 Å². The van der Waals surface area contributed by atoms with Gasteiger partial charge in [0, 0.05) is 5.39 Å². The molecule has 1 heterocycles. The van der Waals surface area contributed by atoms with Crippen molar-refractivity contribution in [3.8, 4) is 0 Å². The molecular formula is C13H13N3O4. The van der Waals surface area contributed by atoms with Gasteiger partial charge in [-0.1, -0.05) is 12.1 Å². The van der Waals surface area contributed by atoms with Gasteiger partial charge in [0.1, 0.15) is 5.70 Å². The monoisotopic (exact) mass is 275 g/mol. The normalized spacial score (nSPS) is 11.2. The van der Waals surface area contributed by atoms with Crippen LogP contribution in [0.25, 0.3) is 10.9 Å². The number of fused-ring (bicyclic) bond motifs is 1. The summed E-state index contributed by atoms with van der Waals surface area (Å²) < 4.78 is 9.12. The number of ether oxygens (including phenoxy) is 2. The lowest BCUT2D eigenvalue weighted by molar-refractivity contribution is -0.138. The maximum absolute atomic E-state index is 11.7. The number of anilines is 1. The molecule has 0 spiro atoms. The second-order valence-corrected chi connectivity index (χ2v) is 3.84. The third-order valence-corrected chi connectivity index (χ3v) is 2.61. The standard InChI is InChI=1S/C13H13N3O4/c1-19-11(17)6-10(13(18)20-2)15-9-5-3-4-8-7-14-16-12(8)9/h3-7,15H,1-2H3,(H,14,16)/b10-6+. The van der Waals surface area contributed by atoms with Crippen molar-refractivity contribution in [2.24, 2.45) is 0 Å². The molecule has 0 aliphatic carbocycles. The van der Waals surface area contributed by atoms with Crippen molar-refractivity contribution in [3.63, 3.8) is 0 Å². The molecule has 0 radical (unpaired) electrons. The van der Waals surface area contributed by atoms with E-state index in [4.69, 9.17) is 0 Å². The number of nitrogens with zero attached hydrogens (tertiary/aromatic N) is 1. The first kappa shape index (κ1) is 13.6. The summed E-state index contributed by atoms with van der Waals surface area (Å²) in [5, 5.41) is 10.4. The molecule has 0 saturated heterocycles. The number of hydrogen-bond acceptors (Lipinski definition) is 6. The molecule has 104 valence electrons. The van der Waals surface area contributed by atoms with E-state index in [9.17, 15) is 9.59 Å². The van der Waals surface area contributed by atoms with E-state index in [1.807, 2.05) is 6.07 Å². The van der Waals surface area contributed by atoms with Gasteiger partial charge in [-0.15, -0.1) is 0 Å². The van der Waals surface area contributed by atoms with E-state index >= 15 is 0 Å². The molecule has 0 fully saturated rings. The van der Waals surface area contributed by atoms with Crippen LogP contribution in [0.2, 0.25) is 0 Å². The van der Waals surface area contributed by atoms with Crippen LogP contribution in [0, 0.1) is 0 Å². The Morgan fingerprint density at radius 1 is 1.30 bits per heavy atom. The van der Waals surface area contributed by atoms with Crippen LogP contribution in [0.1, 0.15) is 0 Å². The highest BCUT2D eigenvalue weighted by molar-refractivity contribution is 6.01. The Morgan fingerprint density at radius 3 is 2.80 bits per heavy atom. The summed E-state index contributed by atoms with van der Waals surface area (Å²) in [4.78, 5) is 22.9. The summed E-state index contributed by atoms with van der Waals surface area (Å²) in [5.41, 5.74) is 1.29. The van der Waals surface area contributed by atoms with Gasteiger partial charge in [0.15, 0.2) is 0 Å². The van der Waals surface area contributed by atoms with Gasteiger partial charge in [-0.25, -0.2) is 9.59 Å². The Balaban J connectivity index is 2.37. The highest BCUT2D eigenvalue weighted by atomic mass is 16.5. The Morgan fingerprint density at radius 2 is 2.10 bits per heavy atom. The molecule has 0 aliphatic rings. The number of carbonyl (C=O) groups excluding carboxylic acids is 2. The summed E-state index contributed by atoms with van der Waals surface area (Å²) in [6, 6.07) is 5.41. The lowest BCUT2D eigenvalue weighted by Gasteiger charge is -2.09. The van der Waals surface area contributed by atoms with E-state index in [1.54, 1.807) is 18.3 Å². The smallest absolute Gasteiger partial charge is 0.354 e. The number of carbonyl (C=O) groups is 2. The molecule has 0 atom stereocenters. The third kappa shape index (κ3) is 2.77. The highest BCUT2D eigenvalue weighted by Crippen LogP contribution is 2.22. The number of para-hydroxylation sites is 1. The number of methoxy groups -OCH3 is 2. The number of H-pyrrole nitrogens is 1. The lowest BCUT2D eigenvalue weighted by Crippen LogP contribution is -2.15. The van der Waals surface area contributed by atoms with E-state index in [-0.39, 0.29) is 5.70 Å². The van der Waals surface area contributed by atoms with E-state index in [2.05, 4.69) is 25.0 Å². The SMILES string of the molecule is COC(=O)/C=C(/Nc1cccc2cn[nH]c12)C(=O)OC. The van der Waals surface area contributed by atoms with Gasteiger partial charge in [0.25, 0.3) is 0 Å². The zero-order chi connectivity index (χ0) is 14.5. The summed E-state index contributed by atoms with van der Waals surface area (Å²) in [6.07, 6.45) is 2.68. The first-order chi connectivity index (χ1) is 9.65. The van der Waals surface area contributed by atoms with E-state index in [1.165, 1.54) is 14.2 Å². The minimum Gasteiger partial charge on any atom is -0.466 e. The Labute approximate surface area is 114 Å². The Hall–Kier alpha value is -2.83. The van der Waals surface area contributed by atoms with Crippen LogP contribution in [-0.4, -0.2) is 36.4 Å². The fourth-order valence-corrected chi connectivity index (χ4v) is 1.65. The van der Waals surface area contributed by atoms with E-state index in [0.29, 0.717) is 11.2 Å². The molecule has 2 aromatic rings. The molecule has 2 rings (SSSR count). The maximum Gasteiger partial charge on any atom is 0.354 e. The fourth-order valence-electron chi connectivity index (χ4n) is 1.65. The third-order valence-electron chi connectivity index (χ3n) is 2.61. The average Bonchev–Trinajstić information content (AvgIpc) is 2.94. The average molecular weight is 275 g/mol. The molecule has 7 heteroatoms. The Kier molecular flexibility index (Phi) is 3.99. The topological polar surface area (TPSA) is 93.3 Å². The van der Waals surface area contributed by atoms with Crippen molar-refractivity contribution < 1.29 is 19.1 Å². The second-order valence-electron chi connectivity index (χ2n) is 3.84. The molecule has 20 heavy (non-hydrogen) atoms. The van der Waals surface area contributed by atoms with Crippen LogP contribution in [0.3, 0.4) is 0 Å². The van der Waals surface area contributed by atoms with Crippen LogP contribution in [0.5, 0.6) is 0 Å². The molecular weight excluding hydrogens is 262 g/mol. The zero-order valence-corrected chi connectivity index (χ0v) is 11.0. The molecule has 0 unspecified atom stereocenters. The predicted molar refractivity (Wildman–Crippen MR) is 71.8 cm³/mol. The first-order valence-corrected chi connectivity index (χ1v) is 5.72. The van der Waals surface area contributed by atoms with Gasteiger partial charge < -0.3 is 14.8 Å². The van der Waals surface area contributed by atoms with Crippen LogP contribution in [-0.2, 0) is 19.1 Å². The van der Waals surface area contributed by atoms with Crippen LogP contribution in [0.4, 0.5) is 5.69 Å². The lowest BCUT2D eigenvalue weighted by atomic mass is 10.2. The molecule has 0 bridgehead atoms. The van der Waals surface area contributed by atoms with Crippen LogP contribution < -0.4 is 5.32 Å². The molecule has 0 amide bonds. The Bertz CT molecular complexity index is 675. The molecule has 7 nitrogen and oxygen atoms in total. The van der Waals surface area contributed by atoms with E-state index in [0.717, 1.165) is 11.5 Å². The molecule has 1 aromatic heterocycles. The van der Waals surface area contributed by atoms with Gasteiger partial charge in [0.2, 0.25) is 0 Å². The molecule has 1 aromatic carbocycles. The van der Waals surface area contributed by atoms with Crippen molar-refractivity contribution in [1.29, 1.82) is 0 Å². The number of aromatic nitrogens is 2. The van der Waals surface area contributed by atoms with Crippen molar-refractivity contribution in [1.82, 2.24) is 10.2 Å². The van der Waals surface area contributed by atoms with Gasteiger partial charge in [0.05, 0.1) is 37.7 Å². The van der Waals surface area contributed by atoms with E-state index < -0.39 is 11.9 Å². The van der Waals surface area contributed by atoms with Crippen molar-refractivity contribution in [3.05, 3.63) is 36.2 Å². The summed E-state index contributed by atoms with van der Waals surface area (Å²) in [7, 11) is 2.45.